The number of aromatic amines is 1. The van der Waals surface area contributed by atoms with Gasteiger partial charge in [0, 0.05) is 25.7 Å². The molecule has 0 spiro atoms. The Morgan fingerprint density at radius 2 is 2.29 bits per heavy atom. The molecule has 1 atom stereocenters. The molecule has 90 valence electrons. The summed E-state index contributed by atoms with van der Waals surface area (Å²) in [4.78, 5) is 10.4. The van der Waals surface area contributed by atoms with Gasteiger partial charge in [-0.1, -0.05) is 12.1 Å². The van der Waals surface area contributed by atoms with Crippen molar-refractivity contribution < 1.29 is 0 Å². The number of benzene rings is 1. The predicted octanol–water partition coefficient (Wildman–Crippen LogP) is 1.36. The predicted molar refractivity (Wildman–Crippen MR) is 68.8 cm³/mol. The van der Waals surface area contributed by atoms with Crippen LogP contribution in [-0.2, 0) is 6.54 Å². The van der Waals surface area contributed by atoms with Crippen LogP contribution in [0.5, 0.6) is 0 Å². The highest BCUT2D eigenvalue weighted by molar-refractivity contribution is 5.74. The highest BCUT2D eigenvalue weighted by atomic mass is 15.2. The largest absolute Gasteiger partial charge is 0.341 e. The van der Waals surface area contributed by atoms with Crippen molar-refractivity contribution >= 4 is 11.0 Å². The maximum Gasteiger partial charge on any atom is 0.121 e. The summed E-state index contributed by atoms with van der Waals surface area (Å²) in [7, 11) is 0. The van der Waals surface area contributed by atoms with Crippen LogP contribution in [0.3, 0.4) is 0 Å². The lowest BCUT2D eigenvalue weighted by molar-refractivity contribution is 0.196. The van der Waals surface area contributed by atoms with E-state index >= 15 is 0 Å². The molecule has 17 heavy (non-hydrogen) atoms. The van der Waals surface area contributed by atoms with E-state index in [0.717, 1.165) is 43.0 Å². The van der Waals surface area contributed by atoms with E-state index in [2.05, 4.69) is 39.2 Å². The Morgan fingerprint density at radius 3 is 3.12 bits per heavy atom. The van der Waals surface area contributed by atoms with Crippen molar-refractivity contribution in [3.63, 3.8) is 0 Å². The first-order valence-corrected chi connectivity index (χ1v) is 6.20. The Hall–Kier alpha value is -1.39. The fourth-order valence-corrected chi connectivity index (χ4v) is 2.45. The van der Waals surface area contributed by atoms with Crippen LogP contribution in [0.15, 0.2) is 24.3 Å². The third kappa shape index (κ3) is 2.33. The van der Waals surface area contributed by atoms with Crippen LogP contribution in [-0.4, -0.2) is 40.5 Å². The van der Waals surface area contributed by atoms with Crippen LogP contribution in [0.2, 0.25) is 0 Å². The fourth-order valence-electron chi connectivity index (χ4n) is 2.45. The lowest BCUT2D eigenvalue weighted by Gasteiger charge is -2.31. The molecule has 1 aromatic carbocycles. The van der Waals surface area contributed by atoms with Gasteiger partial charge in [-0.25, -0.2) is 4.98 Å². The number of aromatic nitrogens is 2. The van der Waals surface area contributed by atoms with E-state index in [9.17, 15) is 0 Å². The van der Waals surface area contributed by atoms with Crippen molar-refractivity contribution in [3.05, 3.63) is 30.1 Å². The molecule has 0 amide bonds. The number of piperazine rings is 1. The molecule has 0 radical (unpaired) electrons. The molecule has 1 saturated heterocycles. The number of nitrogens with one attached hydrogen (secondary N) is 2. The molecule has 1 aliphatic rings. The highest BCUT2D eigenvalue weighted by Crippen LogP contribution is 2.12. The van der Waals surface area contributed by atoms with Crippen molar-refractivity contribution in [3.8, 4) is 0 Å². The number of rotatable bonds is 2. The Labute approximate surface area is 101 Å². The van der Waals surface area contributed by atoms with Gasteiger partial charge in [-0.2, -0.15) is 0 Å². The smallest absolute Gasteiger partial charge is 0.121 e. The molecular weight excluding hydrogens is 212 g/mol. The zero-order chi connectivity index (χ0) is 11.7. The van der Waals surface area contributed by atoms with Crippen molar-refractivity contribution in [2.45, 2.75) is 19.5 Å². The van der Waals surface area contributed by atoms with Crippen molar-refractivity contribution in [1.29, 1.82) is 0 Å². The minimum atomic E-state index is 0.577. The van der Waals surface area contributed by atoms with E-state index in [0.29, 0.717) is 6.04 Å². The molecule has 1 aliphatic heterocycles. The lowest BCUT2D eigenvalue weighted by Crippen LogP contribution is -2.48. The van der Waals surface area contributed by atoms with Crippen molar-refractivity contribution in [1.82, 2.24) is 20.2 Å². The van der Waals surface area contributed by atoms with Gasteiger partial charge in [-0.3, -0.25) is 4.90 Å². The Kier molecular flexibility index (Phi) is 2.82. The summed E-state index contributed by atoms with van der Waals surface area (Å²) in [5.41, 5.74) is 2.19. The second-order valence-electron chi connectivity index (χ2n) is 4.79. The summed E-state index contributed by atoms with van der Waals surface area (Å²) < 4.78 is 0. The van der Waals surface area contributed by atoms with Gasteiger partial charge in [0.1, 0.15) is 5.82 Å². The second kappa shape index (κ2) is 4.47. The third-order valence-electron chi connectivity index (χ3n) is 3.26. The van der Waals surface area contributed by atoms with Gasteiger partial charge in [-0.05, 0) is 19.1 Å². The SMILES string of the molecule is C[C@H]1CN(Cc2nc3ccccc3[nH]2)CCN1. The molecule has 2 heterocycles. The summed E-state index contributed by atoms with van der Waals surface area (Å²) in [6, 6.07) is 8.77. The van der Waals surface area contributed by atoms with Gasteiger partial charge in [0.15, 0.2) is 0 Å². The standard InChI is InChI=1S/C13H18N4/c1-10-8-17(7-6-14-10)9-13-15-11-4-2-3-5-12(11)16-13/h2-5,10,14H,6-9H2,1H3,(H,15,16)/t10-/m0/s1. The summed E-state index contributed by atoms with van der Waals surface area (Å²) in [6.45, 7) is 6.41. The normalized spacial score (nSPS) is 22.1. The van der Waals surface area contributed by atoms with Crippen LogP contribution in [0, 0.1) is 0 Å². The zero-order valence-corrected chi connectivity index (χ0v) is 10.1. The van der Waals surface area contributed by atoms with E-state index < -0.39 is 0 Å². The first kappa shape index (κ1) is 10.7. The molecule has 0 unspecified atom stereocenters. The maximum absolute atomic E-state index is 4.61. The van der Waals surface area contributed by atoms with Crippen LogP contribution in [0.4, 0.5) is 0 Å². The molecule has 3 rings (SSSR count). The number of nitrogens with zero attached hydrogens (tertiary/aromatic N) is 2. The van der Waals surface area contributed by atoms with Gasteiger partial charge in [-0.15, -0.1) is 0 Å². The molecule has 4 nitrogen and oxygen atoms in total. The molecule has 0 saturated carbocycles. The highest BCUT2D eigenvalue weighted by Gasteiger charge is 2.16. The minimum Gasteiger partial charge on any atom is -0.341 e. The quantitative estimate of drug-likeness (QED) is 0.818. The van der Waals surface area contributed by atoms with Gasteiger partial charge < -0.3 is 10.3 Å². The van der Waals surface area contributed by atoms with Crippen LogP contribution in [0.1, 0.15) is 12.7 Å². The Balaban J connectivity index is 1.75. The van der Waals surface area contributed by atoms with E-state index in [-0.39, 0.29) is 0 Å². The molecular formula is C13H18N4. The third-order valence-corrected chi connectivity index (χ3v) is 3.26. The maximum atomic E-state index is 4.61. The zero-order valence-electron chi connectivity index (χ0n) is 10.1. The number of hydrogen-bond acceptors (Lipinski definition) is 3. The number of para-hydroxylation sites is 2. The average Bonchev–Trinajstić information content (AvgIpc) is 2.71. The minimum absolute atomic E-state index is 0.577. The Bertz CT molecular complexity index is 472. The number of hydrogen-bond donors (Lipinski definition) is 2. The first-order valence-electron chi connectivity index (χ1n) is 6.20. The topological polar surface area (TPSA) is 44.0 Å². The molecule has 0 bridgehead atoms. The van der Waals surface area contributed by atoms with Crippen molar-refractivity contribution in [2.24, 2.45) is 0 Å². The summed E-state index contributed by atoms with van der Waals surface area (Å²) in [5.74, 6) is 1.07. The van der Waals surface area contributed by atoms with Crippen LogP contribution < -0.4 is 5.32 Å². The summed E-state index contributed by atoms with van der Waals surface area (Å²) in [6.07, 6.45) is 0. The second-order valence-corrected chi connectivity index (χ2v) is 4.79. The van der Waals surface area contributed by atoms with Crippen LogP contribution >= 0.6 is 0 Å². The molecule has 1 fully saturated rings. The lowest BCUT2D eigenvalue weighted by atomic mass is 10.2. The summed E-state index contributed by atoms with van der Waals surface area (Å²) >= 11 is 0. The Morgan fingerprint density at radius 1 is 1.41 bits per heavy atom. The van der Waals surface area contributed by atoms with Gasteiger partial charge >= 0.3 is 0 Å². The van der Waals surface area contributed by atoms with Crippen molar-refractivity contribution in [2.75, 3.05) is 19.6 Å². The molecule has 2 N–H and O–H groups in total. The van der Waals surface area contributed by atoms with E-state index in [1.165, 1.54) is 0 Å². The van der Waals surface area contributed by atoms with E-state index in [1.54, 1.807) is 0 Å². The summed E-state index contributed by atoms with van der Waals surface area (Å²) in [5, 5.41) is 3.45. The molecule has 2 aromatic rings. The first-order chi connectivity index (χ1) is 8.31. The van der Waals surface area contributed by atoms with E-state index in [4.69, 9.17) is 0 Å². The molecule has 4 heteroatoms. The fraction of sp³-hybridized carbons (Fsp3) is 0.462. The average molecular weight is 230 g/mol. The molecule has 1 aromatic heterocycles. The number of fused-ring (bicyclic) bond motifs is 1. The van der Waals surface area contributed by atoms with Gasteiger partial charge in [0.05, 0.1) is 17.6 Å². The van der Waals surface area contributed by atoms with Crippen LogP contribution in [0.25, 0.3) is 11.0 Å². The molecule has 0 aliphatic carbocycles. The van der Waals surface area contributed by atoms with E-state index in [1.807, 2.05) is 12.1 Å². The monoisotopic (exact) mass is 230 g/mol. The number of H-pyrrole nitrogens is 1. The number of imidazole rings is 1. The van der Waals surface area contributed by atoms with Gasteiger partial charge in [0.2, 0.25) is 0 Å². The van der Waals surface area contributed by atoms with Gasteiger partial charge in [0.25, 0.3) is 0 Å².